The van der Waals surface area contributed by atoms with Crippen molar-refractivity contribution in [2.45, 2.75) is 11.8 Å². The summed E-state index contributed by atoms with van der Waals surface area (Å²) in [6, 6.07) is 23.9. The van der Waals surface area contributed by atoms with Gasteiger partial charge in [-0.1, -0.05) is 66.1 Å². The molecule has 0 unspecified atom stereocenters. The molecule has 261 valence electrons. The molecule has 17 nitrogen and oxygen atoms in total. The number of carbonyl (C=O) groups excluding carboxylic acids is 1. The number of fused-ring (bicyclic) bond motifs is 1. The van der Waals surface area contributed by atoms with Gasteiger partial charge in [-0.05, 0) is 48.7 Å². The molecule has 0 bridgehead atoms. The maximum absolute atomic E-state index is 12.6. The Bertz CT molecular complexity index is 2480. The van der Waals surface area contributed by atoms with Crippen molar-refractivity contribution in [1.29, 1.82) is 0 Å². The van der Waals surface area contributed by atoms with Crippen LogP contribution in [0, 0.1) is 17.0 Å². The van der Waals surface area contributed by atoms with Crippen molar-refractivity contribution in [3.05, 3.63) is 124 Å². The molecule has 6 rings (SSSR count). The number of rotatable bonds is 8. The van der Waals surface area contributed by atoms with Crippen LogP contribution in [-0.4, -0.2) is 33.6 Å². The van der Waals surface area contributed by atoms with Crippen LogP contribution >= 0.6 is 0 Å². The summed E-state index contributed by atoms with van der Waals surface area (Å²) in [5.41, 5.74) is -0.101. The summed E-state index contributed by atoms with van der Waals surface area (Å²) >= 11 is 0. The number of aryl methyl sites for hydroxylation is 1. The number of aromatic nitrogens is 2. The SMILES string of the molecule is Cc1nn(-c2ccc(S(=O)(=O)[O-])cc2)c([O-])c1N=Nc1ccccc1C(=O)[O-].O=[N+]([O-])c1ccc(N=Nc2c([O-])ccc3ccccc23)c([O-])c1.[Cr+3].[H+].[H+]. The average molecular weight is 761 g/mol. The Labute approximate surface area is 307 Å². The van der Waals surface area contributed by atoms with E-state index < -0.39 is 37.5 Å². The molecule has 0 saturated heterocycles. The van der Waals surface area contributed by atoms with Gasteiger partial charge in [-0.15, -0.1) is 10.2 Å². The van der Waals surface area contributed by atoms with Crippen molar-refractivity contribution < 1.29 is 63.3 Å². The third kappa shape index (κ3) is 8.61. The Morgan fingerprint density at radius 2 is 1.42 bits per heavy atom. The van der Waals surface area contributed by atoms with Crippen LogP contribution in [0.4, 0.5) is 28.4 Å². The molecule has 5 aromatic carbocycles. The van der Waals surface area contributed by atoms with Gasteiger partial charge in [-0.2, -0.15) is 15.3 Å². The fraction of sp³-hybridized carbons (Fsp3) is 0.0303. The van der Waals surface area contributed by atoms with Crippen LogP contribution < -0.4 is 20.4 Å². The molecule has 0 N–H and O–H groups in total. The van der Waals surface area contributed by atoms with Gasteiger partial charge in [-0.25, -0.2) is 13.1 Å². The summed E-state index contributed by atoms with van der Waals surface area (Å²) in [5.74, 6) is -3.03. The van der Waals surface area contributed by atoms with Crippen LogP contribution in [0.5, 0.6) is 17.4 Å². The first-order valence-corrected chi connectivity index (χ1v) is 15.8. The summed E-state index contributed by atoms with van der Waals surface area (Å²) in [5, 5.41) is 78.8. The molecule has 19 heteroatoms. The molecule has 0 saturated carbocycles. The van der Waals surface area contributed by atoms with Crippen molar-refractivity contribution in [3.8, 4) is 23.1 Å². The van der Waals surface area contributed by atoms with Crippen molar-refractivity contribution >= 4 is 55.3 Å². The van der Waals surface area contributed by atoms with Crippen LogP contribution in [-0.2, 0) is 27.5 Å². The van der Waals surface area contributed by atoms with Crippen LogP contribution in [0.25, 0.3) is 16.5 Å². The van der Waals surface area contributed by atoms with E-state index in [4.69, 9.17) is 0 Å². The molecule has 0 fully saturated rings. The molecule has 52 heavy (non-hydrogen) atoms. The van der Waals surface area contributed by atoms with Crippen LogP contribution in [0.3, 0.4) is 0 Å². The van der Waals surface area contributed by atoms with E-state index >= 15 is 0 Å². The number of aromatic carboxylic acids is 1. The number of carboxylic acids is 1. The first-order valence-electron chi connectivity index (χ1n) is 14.4. The first kappa shape index (κ1) is 38.3. The summed E-state index contributed by atoms with van der Waals surface area (Å²) in [7, 11) is -4.61. The zero-order valence-corrected chi connectivity index (χ0v) is 28.4. The van der Waals surface area contributed by atoms with E-state index in [0.29, 0.717) is 5.39 Å². The fourth-order valence-electron chi connectivity index (χ4n) is 4.52. The molecular weight excluding hydrogens is 738 g/mol. The van der Waals surface area contributed by atoms with Gasteiger partial charge >= 0.3 is 20.2 Å². The number of hydrogen-bond acceptors (Lipinski definition) is 15. The Hall–Kier alpha value is -6.52. The predicted octanol–water partition coefficient (Wildman–Crippen LogP) is 4.47. The van der Waals surface area contributed by atoms with E-state index in [9.17, 15) is 48.3 Å². The summed E-state index contributed by atoms with van der Waals surface area (Å²) in [4.78, 5) is 20.6. The molecule has 0 spiro atoms. The van der Waals surface area contributed by atoms with Crippen LogP contribution in [0.2, 0.25) is 0 Å². The monoisotopic (exact) mass is 760 g/mol. The predicted molar refractivity (Wildman–Crippen MR) is 173 cm³/mol. The number of hydrogen-bond donors (Lipinski definition) is 0. The molecule has 0 atom stereocenters. The molecule has 0 aliphatic rings. The number of carbonyl (C=O) groups is 1. The number of nitro groups is 1. The first-order chi connectivity index (χ1) is 24.2. The molecule has 1 aromatic heterocycles. The third-order valence-electron chi connectivity index (χ3n) is 7.01. The number of carboxylic acid groups (broad SMARTS) is 1. The summed E-state index contributed by atoms with van der Waals surface area (Å²) < 4.78 is 33.9. The third-order valence-corrected chi connectivity index (χ3v) is 7.86. The van der Waals surface area contributed by atoms with E-state index in [-0.39, 0.29) is 71.3 Å². The summed E-state index contributed by atoms with van der Waals surface area (Å²) in [6.45, 7) is 1.51. The van der Waals surface area contributed by atoms with Gasteiger partial charge < -0.3 is 29.8 Å². The van der Waals surface area contributed by atoms with E-state index in [0.717, 1.165) is 34.3 Å². The van der Waals surface area contributed by atoms with Crippen molar-refractivity contribution in [1.82, 2.24) is 9.78 Å². The van der Waals surface area contributed by atoms with Crippen molar-refractivity contribution in [2.75, 3.05) is 0 Å². The molecule has 1 heterocycles. The molecular formula is C33H22CrN7O10S. The number of azo groups is 2. The largest absolute Gasteiger partial charge is 3.00 e. The molecule has 6 aromatic rings. The Morgan fingerprint density at radius 3 is 2.08 bits per heavy atom. The Morgan fingerprint density at radius 1 is 0.788 bits per heavy atom. The van der Waals surface area contributed by atoms with Crippen LogP contribution in [0.1, 0.15) is 18.9 Å². The number of non-ortho nitro benzene ring substituents is 1. The maximum Gasteiger partial charge on any atom is 3.00 e. The van der Waals surface area contributed by atoms with E-state index in [1.54, 1.807) is 24.3 Å². The fourth-order valence-corrected chi connectivity index (χ4v) is 4.99. The second-order valence-electron chi connectivity index (χ2n) is 10.3. The minimum absolute atomic E-state index is 0. The van der Waals surface area contributed by atoms with E-state index in [1.165, 1.54) is 49.4 Å². The quantitative estimate of drug-likeness (QED) is 0.0903. The van der Waals surface area contributed by atoms with Gasteiger partial charge in [-0.3, -0.25) is 10.1 Å². The second kappa shape index (κ2) is 16.0. The maximum atomic E-state index is 12.6. The minimum atomic E-state index is -4.61. The van der Waals surface area contributed by atoms with Gasteiger partial charge in [0.1, 0.15) is 15.8 Å². The van der Waals surface area contributed by atoms with Gasteiger partial charge in [0, 0.05) is 29.0 Å². The Balaban J connectivity index is 0.000000359. The minimum Gasteiger partial charge on any atom is -0.871 e. The topological polar surface area (TPSA) is 277 Å². The van der Waals surface area contributed by atoms with Crippen molar-refractivity contribution in [2.24, 2.45) is 20.5 Å². The molecule has 0 aliphatic carbocycles. The summed E-state index contributed by atoms with van der Waals surface area (Å²) in [6.07, 6.45) is 0. The average Bonchev–Trinajstić information content (AvgIpc) is 3.39. The second-order valence-corrected chi connectivity index (χ2v) is 11.7. The number of nitrogens with zero attached hydrogens (tertiary/aromatic N) is 7. The van der Waals surface area contributed by atoms with Gasteiger partial charge in [0.2, 0.25) is 0 Å². The number of nitro benzene ring substituents is 1. The van der Waals surface area contributed by atoms with E-state index in [2.05, 4.69) is 25.6 Å². The van der Waals surface area contributed by atoms with Crippen molar-refractivity contribution in [3.63, 3.8) is 0 Å². The number of benzene rings is 5. The molecule has 0 aliphatic heterocycles. The zero-order chi connectivity index (χ0) is 36.9. The van der Waals surface area contributed by atoms with Crippen LogP contribution in [0.15, 0.2) is 128 Å². The Kier molecular flexibility index (Phi) is 11.8. The molecule has 1 radical (unpaired) electrons. The standard InChI is InChI=1S/C17H14N4O6S.C16H11N3O4.Cr/c1-10-15(19-18-14-5-3-2-4-13(14)17(23)24)16(22)21(20-10)11-6-8-12(9-7-11)28(25,26)27;20-14-8-5-10-3-1-2-4-12(10)16(14)18-17-13-7-6-11(19(22)23)9-15(13)21;/h2-9,22H,1H3,(H,23,24)(H,25,26,27);1-9,20-21H;/q;;+3/p-3. The molecule has 0 amide bonds. The van der Waals surface area contributed by atoms with E-state index in [1.807, 2.05) is 12.1 Å². The van der Waals surface area contributed by atoms with Gasteiger partial charge in [0.15, 0.2) is 0 Å². The normalized spacial score (nSPS) is 11.3. The zero-order valence-electron chi connectivity index (χ0n) is 28.3. The smallest absolute Gasteiger partial charge is 0.871 e. The van der Waals surface area contributed by atoms with Gasteiger partial charge in [0.25, 0.3) is 5.69 Å². The van der Waals surface area contributed by atoms with Gasteiger partial charge in [0.05, 0.1) is 44.2 Å².